The van der Waals surface area contributed by atoms with Gasteiger partial charge in [0.1, 0.15) is 5.82 Å². The molecule has 1 nitrogen and oxygen atoms in total. The lowest BCUT2D eigenvalue weighted by Gasteiger charge is -2.05. The number of carbonyl (C=O) groups excluding carboxylic acids is 1. The first-order valence-corrected chi connectivity index (χ1v) is 5.02. The van der Waals surface area contributed by atoms with Crippen LogP contribution in [0.1, 0.15) is 15.9 Å². The molecule has 0 saturated heterocycles. The van der Waals surface area contributed by atoms with E-state index in [-0.39, 0.29) is 0 Å². The van der Waals surface area contributed by atoms with Crippen LogP contribution in [0.5, 0.6) is 0 Å². The van der Waals surface area contributed by atoms with Crippen molar-refractivity contribution in [2.24, 2.45) is 0 Å². The molecule has 0 bridgehead atoms. The van der Waals surface area contributed by atoms with Gasteiger partial charge in [-0.1, -0.05) is 35.9 Å². The molecule has 80 valence electrons. The number of hydrogen-bond donors (Lipinski definition) is 0. The average Bonchev–Trinajstić information content (AvgIpc) is 2.30. The second-order valence-corrected chi connectivity index (χ2v) is 3.72. The number of carbonyl (C=O) groups is 1. The van der Waals surface area contributed by atoms with Crippen molar-refractivity contribution in [3.05, 3.63) is 59.4 Å². The smallest absolute Gasteiger partial charge is 0.150 e. The van der Waals surface area contributed by atoms with Gasteiger partial charge in [0.2, 0.25) is 0 Å². The molecule has 2 heteroatoms. The van der Waals surface area contributed by atoms with E-state index >= 15 is 0 Å². The molecule has 0 saturated carbocycles. The molecule has 0 atom stereocenters. The van der Waals surface area contributed by atoms with Gasteiger partial charge in [-0.05, 0) is 30.2 Å². The van der Waals surface area contributed by atoms with Gasteiger partial charge in [0.25, 0.3) is 0 Å². The van der Waals surface area contributed by atoms with Gasteiger partial charge in [-0.3, -0.25) is 4.79 Å². The van der Waals surface area contributed by atoms with E-state index in [1.165, 1.54) is 12.1 Å². The van der Waals surface area contributed by atoms with Crippen molar-refractivity contribution in [1.29, 1.82) is 0 Å². The van der Waals surface area contributed by atoms with Crippen LogP contribution in [-0.4, -0.2) is 6.29 Å². The van der Waals surface area contributed by atoms with E-state index in [9.17, 15) is 9.18 Å². The molecule has 16 heavy (non-hydrogen) atoms. The van der Waals surface area contributed by atoms with Gasteiger partial charge in [-0.15, -0.1) is 0 Å². The monoisotopic (exact) mass is 214 g/mol. The molecule has 2 aromatic rings. The number of hydrogen-bond acceptors (Lipinski definition) is 1. The summed E-state index contributed by atoms with van der Waals surface area (Å²) in [7, 11) is 0. The fourth-order valence-corrected chi connectivity index (χ4v) is 1.63. The van der Waals surface area contributed by atoms with Gasteiger partial charge in [0.15, 0.2) is 6.29 Å². The van der Waals surface area contributed by atoms with Crippen molar-refractivity contribution in [3.63, 3.8) is 0 Å². The molecule has 0 amide bonds. The minimum absolute atomic E-state index is 0.379. The molecule has 0 aliphatic carbocycles. The Bertz CT molecular complexity index is 515. The molecule has 0 heterocycles. The van der Waals surface area contributed by atoms with E-state index in [0.29, 0.717) is 11.8 Å². The van der Waals surface area contributed by atoms with Crippen molar-refractivity contribution in [2.45, 2.75) is 6.92 Å². The van der Waals surface area contributed by atoms with Crippen molar-refractivity contribution in [2.75, 3.05) is 0 Å². The van der Waals surface area contributed by atoms with E-state index in [4.69, 9.17) is 0 Å². The van der Waals surface area contributed by atoms with Crippen molar-refractivity contribution in [3.8, 4) is 11.1 Å². The zero-order valence-corrected chi connectivity index (χ0v) is 8.91. The largest absolute Gasteiger partial charge is 0.298 e. The summed E-state index contributed by atoms with van der Waals surface area (Å²) in [5, 5.41) is 0. The van der Waals surface area contributed by atoms with Crippen molar-refractivity contribution < 1.29 is 9.18 Å². The molecule has 0 radical (unpaired) electrons. The van der Waals surface area contributed by atoms with E-state index in [1.807, 2.05) is 31.2 Å². The van der Waals surface area contributed by atoms with E-state index in [1.54, 1.807) is 6.07 Å². The van der Waals surface area contributed by atoms with Gasteiger partial charge < -0.3 is 0 Å². The lowest BCUT2D eigenvalue weighted by molar-refractivity contribution is 0.112. The summed E-state index contributed by atoms with van der Waals surface area (Å²) in [6.07, 6.45) is 0.679. The maximum absolute atomic E-state index is 13.0. The summed E-state index contributed by atoms with van der Waals surface area (Å²) in [5.74, 6) is -0.391. The Morgan fingerprint density at radius 1 is 1.06 bits per heavy atom. The third kappa shape index (κ3) is 2.01. The van der Waals surface area contributed by atoms with Crippen LogP contribution in [0.15, 0.2) is 42.5 Å². The summed E-state index contributed by atoms with van der Waals surface area (Å²) in [5.41, 5.74) is 3.21. The Morgan fingerprint density at radius 2 is 1.75 bits per heavy atom. The summed E-state index contributed by atoms with van der Waals surface area (Å²) < 4.78 is 13.0. The predicted octanol–water partition coefficient (Wildman–Crippen LogP) is 3.61. The Balaban J connectivity index is 2.55. The molecular formula is C14H11FO. The summed E-state index contributed by atoms with van der Waals surface area (Å²) in [4.78, 5) is 10.9. The molecule has 0 spiro atoms. The fraction of sp³-hybridized carbons (Fsp3) is 0.0714. The van der Waals surface area contributed by atoms with Crippen LogP contribution in [0.25, 0.3) is 11.1 Å². The zero-order chi connectivity index (χ0) is 11.5. The quantitative estimate of drug-likeness (QED) is 0.698. The molecule has 0 fully saturated rings. The summed E-state index contributed by atoms with van der Waals surface area (Å²) in [6.45, 7) is 2.00. The first kappa shape index (κ1) is 10.6. The normalized spacial score (nSPS) is 10.1. The van der Waals surface area contributed by atoms with Crippen LogP contribution in [0.2, 0.25) is 0 Å². The predicted molar refractivity (Wildman–Crippen MR) is 62.0 cm³/mol. The lowest BCUT2D eigenvalue weighted by atomic mass is 9.99. The van der Waals surface area contributed by atoms with Gasteiger partial charge in [0.05, 0.1) is 0 Å². The molecule has 0 aliphatic rings. The highest BCUT2D eigenvalue weighted by Crippen LogP contribution is 2.23. The molecule has 0 aromatic heterocycles. The zero-order valence-electron chi connectivity index (χ0n) is 8.91. The van der Waals surface area contributed by atoms with Gasteiger partial charge >= 0.3 is 0 Å². The number of aldehydes is 1. The topological polar surface area (TPSA) is 17.1 Å². The standard InChI is InChI=1S/C14H11FO/c1-10-2-4-11(5-3-10)14-7-6-13(15)8-12(14)9-16/h2-9H,1H3. The second-order valence-electron chi connectivity index (χ2n) is 3.72. The maximum Gasteiger partial charge on any atom is 0.150 e. The number of aryl methyl sites for hydroxylation is 1. The van der Waals surface area contributed by atoms with Crippen LogP contribution >= 0.6 is 0 Å². The average molecular weight is 214 g/mol. The van der Waals surface area contributed by atoms with Crippen LogP contribution in [0, 0.1) is 12.7 Å². The molecule has 2 rings (SSSR count). The number of halogens is 1. The summed E-state index contributed by atoms with van der Waals surface area (Å²) in [6, 6.07) is 12.0. The second kappa shape index (κ2) is 4.27. The molecule has 0 N–H and O–H groups in total. The van der Waals surface area contributed by atoms with E-state index in [2.05, 4.69) is 0 Å². The molecule has 2 aromatic carbocycles. The van der Waals surface area contributed by atoms with Gasteiger partial charge in [0, 0.05) is 5.56 Å². The molecule has 0 unspecified atom stereocenters. The minimum Gasteiger partial charge on any atom is -0.298 e. The fourth-order valence-electron chi connectivity index (χ4n) is 1.63. The Hall–Kier alpha value is -1.96. The van der Waals surface area contributed by atoms with Crippen LogP contribution in [0.4, 0.5) is 4.39 Å². The number of rotatable bonds is 2. The van der Waals surface area contributed by atoms with Crippen molar-refractivity contribution in [1.82, 2.24) is 0 Å². The Kier molecular flexibility index (Phi) is 2.82. The maximum atomic E-state index is 13.0. The highest BCUT2D eigenvalue weighted by molar-refractivity contribution is 5.87. The van der Waals surface area contributed by atoms with Crippen LogP contribution in [-0.2, 0) is 0 Å². The Morgan fingerprint density at radius 3 is 2.38 bits per heavy atom. The van der Waals surface area contributed by atoms with Crippen LogP contribution < -0.4 is 0 Å². The van der Waals surface area contributed by atoms with Crippen molar-refractivity contribution >= 4 is 6.29 Å². The van der Waals surface area contributed by atoms with Gasteiger partial charge in [-0.25, -0.2) is 4.39 Å². The Labute approximate surface area is 93.5 Å². The first-order chi connectivity index (χ1) is 7.70. The van der Waals surface area contributed by atoms with E-state index < -0.39 is 5.82 Å². The minimum atomic E-state index is -0.391. The summed E-state index contributed by atoms with van der Waals surface area (Å²) >= 11 is 0. The highest BCUT2D eigenvalue weighted by atomic mass is 19.1. The lowest BCUT2D eigenvalue weighted by Crippen LogP contribution is -1.89. The highest BCUT2D eigenvalue weighted by Gasteiger charge is 2.05. The SMILES string of the molecule is Cc1ccc(-c2ccc(F)cc2C=O)cc1. The number of benzene rings is 2. The van der Waals surface area contributed by atoms with E-state index in [0.717, 1.165) is 16.7 Å². The molecule has 0 aliphatic heterocycles. The van der Waals surface area contributed by atoms with Crippen LogP contribution in [0.3, 0.4) is 0 Å². The first-order valence-electron chi connectivity index (χ1n) is 5.02. The molecular weight excluding hydrogens is 203 g/mol. The third-order valence-electron chi connectivity index (χ3n) is 2.50. The third-order valence-corrected chi connectivity index (χ3v) is 2.50. The van der Waals surface area contributed by atoms with Gasteiger partial charge in [-0.2, -0.15) is 0 Å².